The highest BCUT2D eigenvalue weighted by molar-refractivity contribution is 6.22. The number of benzene rings is 11. The van der Waals surface area contributed by atoms with Crippen molar-refractivity contribution < 1.29 is 4.42 Å². The normalized spacial score (nSPS) is 11.9. The van der Waals surface area contributed by atoms with Gasteiger partial charge in [0.1, 0.15) is 11.2 Å². The van der Waals surface area contributed by atoms with Crippen molar-refractivity contribution in [1.29, 1.82) is 0 Å². The second kappa shape index (κ2) is 15.4. The van der Waals surface area contributed by atoms with Crippen molar-refractivity contribution in [2.45, 2.75) is 0 Å². The van der Waals surface area contributed by atoms with E-state index in [1.807, 2.05) is 24.3 Å². The average Bonchev–Trinajstić information content (AvgIpc) is 4.11. The molecule has 0 saturated heterocycles. The van der Waals surface area contributed by atoms with Gasteiger partial charge in [-0.05, 0) is 100 Å². The van der Waals surface area contributed by atoms with Gasteiger partial charge in [-0.1, -0.05) is 164 Å². The maximum atomic E-state index is 6.85. The Morgan fingerprint density at radius 3 is 1.69 bits per heavy atom. The van der Waals surface area contributed by atoms with Gasteiger partial charge in [-0.25, -0.2) is 15.0 Å². The van der Waals surface area contributed by atoms with Gasteiger partial charge < -0.3 is 13.6 Å². The molecule has 6 heteroatoms. The molecule has 71 heavy (non-hydrogen) atoms. The molecule has 0 unspecified atom stereocenters. The molecule has 11 aromatic carbocycles. The predicted octanol–water partition coefficient (Wildman–Crippen LogP) is 16.9. The number of hydrogen-bond donors (Lipinski definition) is 0. The highest BCUT2D eigenvalue weighted by atomic mass is 16.3. The Hall–Kier alpha value is -9.65. The van der Waals surface area contributed by atoms with Gasteiger partial charge in [0.25, 0.3) is 0 Å². The summed E-state index contributed by atoms with van der Waals surface area (Å²) in [6, 6.07) is 83.9. The molecule has 0 spiro atoms. The van der Waals surface area contributed by atoms with Crippen LogP contribution in [-0.2, 0) is 0 Å². The number of aromatic nitrogens is 5. The molecule has 0 saturated carbocycles. The highest BCUT2D eigenvalue weighted by Gasteiger charge is 2.25. The second-order valence-corrected chi connectivity index (χ2v) is 18.3. The van der Waals surface area contributed by atoms with Crippen molar-refractivity contribution in [2.24, 2.45) is 0 Å². The van der Waals surface area contributed by atoms with E-state index in [9.17, 15) is 0 Å². The highest BCUT2D eigenvalue weighted by Crippen LogP contribution is 2.46. The van der Waals surface area contributed by atoms with E-state index >= 15 is 0 Å². The number of nitrogens with zero attached hydrogens (tertiary/aromatic N) is 5. The zero-order valence-electron chi connectivity index (χ0n) is 38.2. The second-order valence-electron chi connectivity index (χ2n) is 18.3. The minimum absolute atomic E-state index is 0.571. The molecule has 0 N–H and O–H groups in total. The molecule has 0 fully saturated rings. The van der Waals surface area contributed by atoms with E-state index in [-0.39, 0.29) is 0 Å². The third-order valence-electron chi connectivity index (χ3n) is 14.3. The van der Waals surface area contributed by atoms with E-state index in [2.05, 4.69) is 221 Å². The fraction of sp³-hybridized carbons (Fsp3) is 0. The summed E-state index contributed by atoms with van der Waals surface area (Å²) >= 11 is 0. The Morgan fingerprint density at radius 2 is 0.887 bits per heavy atom. The Balaban J connectivity index is 1.06. The minimum atomic E-state index is 0.571. The van der Waals surface area contributed by atoms with Crippen molar-refractivity contribution in [3.05, 3.63) is 237 Å². The summed E-state index contributed by atoms with van der Waals surface area (Å²) in [5, 5.41) is 11.2. The summed E-state index contributed by atoms with van der Waals surface area (Å²) in [7, 11) is 0. The van der Waals surface area contributed by atoms with Gasteiger partial charge in [-0.15, -0.1) is 0 Å². The van der Waals surface area contributed by atoms with Crippen LogP contribution in [0.3, 0.4) is 0 Å². The molecule has 4 heterocycles. The molecule has 0 aliphatic carbocycles. The molecule has 0 radical (unpaired) electrons. The van der Waals surface area contributed by atoms with Crippen LogP contribution < -0.4 is 0 Å². The molecule has 0 amide bonds. The molecule has 330 valence electrons. The quantitative estimate of drug-likeness (QED) is 0.167. The summed E-state index contributed by atoms with van der Waals surface area (Å²) in [6.07, 6.45) is 0. The number of para-hydroxylation sites is 4. The van der Waals surface area contributed by atoms with E-state index in [4.69, 9.17) is 19.4 Å². The van der Waals surface area contributed by atoms with Crippen molar-refractivity contribution in [3.63, 3.8) is 0 Å². The van der Waals surface area contributed by atoms with Gasteiger partial charge in [-0.2, -0.15) is 0 Å². The van der Waals surface area contributed by atoms with E-state index in [0.29, 0.717) is 17.5 Å². The Kier molecular flexibility index (Phi) is 8.56. The smallest absolute Gasteiger partial charge is 0.164 e. The van der Waals surface area contributed by atoms with Crippen LogP contribution in [0.4, 0.5) is 0 Å². The average molecular weight is 906 g/mol. The van der Waals surface area contributed by atoms with Crippen molar-refractivity contribution >= 4 is 87.1 Å². The van der Waals surface area contributed by atoms with Gasteiger partial charge in [0.15, 0.2) is 17.5 Å². The van der Waals surface area contributed by atoms with Gasteiger partial charge >= 0.3 is 0 Å². The fourth-order valence-electron chi connectivity index (χ4n) is 11.2. The Labute approximate surface area is 407 Å². The first-order valence-electron chi connectivity index (χ1n) is 24.0. The molecule has 0 bridgehead atoms. The summed E-state index contributed by atoms with van der Waals surface area (Å²) in [6.45, 7) is 0. The number of furan rings is 1. The molecule has 6 nitrogen and oxygen atoms in total. The maximum absolute atomic E-state index is 6.85. The summed E-state index contributed by atoms with van der Waals surface area (Å²) in [4.78, 5) is 16.4. The van der Waals surface area contributed by atoms with E-state index in [0.717, 1.165) is 105 Å². The SMILES string of the molecule is c1ccc(-c2nc(-c3ccc(-n4c5ccccc5c5cc6ccccc6cc54)cc3-c3cc4ccccc4c4oc5ccccc5c34)nc(-c3cccc4c3c3ccccc3n4-c3ccccc3)n2)cc1. The van der Waals surface area contributed by atoms with Crippen molar-refractivity contribution in [3.8, 4) is 56.7 Å². The first-order chi connectivity index (χ1) is 35.2. The Bertz CT molecular complexity index is 4640. The third-order valence-corrected chi connectivity index (χ3v) is 14.3. The first-order valence-corrected chi connectivity index (χ1v) is 24.0. The molecule has 0 aliphatic heterocycles. The Morgan fingerprint density at radius 1 is 0.296 bits per heavy atom. The zero-order valence-corrected chi connectivity index (χ0v) is 38.2. The maximum Gasteiger partial charge on any atom is 0.164 e. The lowest BCUT2D eigenvalue weighted by atomic mass is 9.91. The van der Waals surface area contributed by atoms with Crippen LogP contribution in [0.5, 0.6) is 0 Å². The topological polar surface area (TPSA) is 61.7 Å². The molecular formula is C65H39N5O. The monoisotopic (exact) mass is 905 g/mol. The van der Waals surface area contributed by atoms with Gasteiger partial charge in [0, 0.05) is 65.8 Å². The van der Waals surface area contributed by atoms with Gasteiger partial charge in [0.05, 0.1) is 22.1 Å². The lowest BCUT2D eigenvalue weighted by Crippen LogP contribution is -2.02. The molecule has 15 aromatic rings. The summed E-state index contributed by atoms with van der Waals surface area (Å²) in [5.74, 6) is 1.76. The number of hydrogen-bond acceptors (Lipinski definition) is 4. The van der Waals surface area contributed by atoms with E-state index in [1.165, 1.54) is 21.5 Å². The van der Waals surface area contributed by atoms with E-state index < -0.39 is 0 Å². The van der Waals surface area contributed by atoms with Crippen LogP contribution in [0, 0.1) is 0 Å². The number of rotatable bonds is 6. The first kappa shape index (κ1) is 39.4. The van der Waals surface area contributed by atoms with Crippen LogP contribution in [0.2, 0.25) is 0 Å². The van der Waals surface area contributed by atoms with Crippen LogP contribution in [-0.4, -0.2) is 24.1 Å². The zero-order chi connectivity index (χ0) is 46.6. The fourth-order valence-corrected chi connectivity index (χ4v) is 11.2. The molecule has 0 atom stereocenters. The van der Waals surface area contributed by atoms with Crippen LogP contribution in [0.25, 0.3) is 144 Å². The molecule has 15 rings (SSSR count). The molecule has 0 aliphatic rings. The lowest BCUT2D eigenvalue weighted by Gasteiger charge is -2.17. The predicted molar refractivity (Wildman–Crippen MR) is 293 cm³/mol. The molecular weight excluding hydrogens is 867 g/mol. The van der Waals surface area contributed by atoms with Gasteiger partial charge in [0.2, 0.25) is 0 Å². The van der Waals surface area contributed by atoms with Crippen LogP contribution in [0.1, 0.15) is 0 Å². The minimum Gasteiger partial charge on any atom is -0.455 e. The van der Waals surface area contributed by atoms with Crippen molar-refractivity contribution in [2.75, 3.05) is 0 Å². The largest absolute Gasteiger partial charge is 0.455 e. The standard InChI is InChI=1S/C65H39N5O/c1-3-18-40(19-4-1)63-66-64(68-65(67-63)51-29-17-32-57-60(51)49-27-12-15-31-56(49)69(57)44-23-5-2-6-24-44)48-35-34-45(70-55-30-14-11-26-47(55)53-36-41-20-7-8-21-42(41)38-58(53)70)39-52(48)54-37-43-22-9-10-25-46(43)62-61(54)50-28-13-16-33-59(50)71-62/h1-39H. The van der Waals surface area contributed by atoms with Gasteiger partial charge in [-0.3, -0.25) is 0 Å². The molecule has 4 aromatic heterocycles. The van der Waals surface area contributed by atoms with E-state index in [1.54, 1.807) is 0 Å². The van der Waals surface area contributed by atoms with Crippen LogP contribution in [0.15, 0.2) is 241 Å². The summed E-state index contributed by atoms with van der Waals surface area (Å²) in [5.41, 5.74) is 13.0. The van der Waals surface area contributed by atoms with Crippen LogP contribution >= 0.6 is 0 Å². The lowest BCUT2D eigenvalue weighted by molar-refractivity contribution is 0.673. The number of fused-ring (bicyclic) bond motifs is 12. The summed E-state index contributed by atoms with van der Waals surface area (Å²) < 4.78 is 11.6. The van der Waals surface area contributed by atoms with Crippen molar-refractivity contribution in [1.82, 2.24) is 24.1 Å². The third kappa shape index (κ3) is 6.05.